The lowest BCUT2D eigenvalue weighted by molar-refractivity contribution is 0.226. The maximum absolute atomic E-state index is 4.83. The third kappa shape index (κ3) is 3.78. The summed E-state index contributed by atoms with van der Waals surface area (Å²) in [6.45, 7) is 8.89. The summed E-state index contributed by atoms with van der Waals surface area (Å²) in [4.78, 5) is 7.34. The van der Waals surface area contributed by atoms with Gasteiger partial charge in [-0.3, -0.25) is 0 Å². The molecule has 1 aliphatic heterocycles. The highest BCUT2D eigenvalue weighted by atomic mass is 32.1. The second-order valence-electron chi connectivity index (χ2n) is 7.34. The molecule has 3 rings (SSSR count). The highest BCUT2D eigenvalue weighted by Gasteiger charge is 2.37. The summed E-state index contributed by atoms with van der Waals surface area (Å²) in [6, 6.07) is 0. The van der Waals surface area contributed by atoms with Crippen molar-refractivity contribution >= 4 is 16.5 Å². The Morgan fingerprint density at radius 3 is 2.62 bits per heavy atom. The Balaban J connectivity index is 1.50. The lowest BCUT2D eigenvalue weighted by Crippen LogP contribution is -2.38. The van der Waals surface area contributed by atoms with Crippen LogP contribution in [0.2, 0.25) is 0 Å². The van der Waals surface area contributed by atoms with Crippen molar-refractivity contribution in [2.24, 2.45) is 11.3 Å². The second kappa shape index (κ2) is 6.66. The molecule has 21 heavy (non-hydrogen) atoms. The van der Waals surface area contributed by atoms with Crippen molar-refractivity contribution < 1.29 is 0 Å². The first kappa shape index (κ1) is 15.3. The standard InChI is InChI=1S/C17H29N3S/c1-14(2)11-18-12-15-13-21-16(19-15)20-9-7-17(8-10-20)5-3-4-6-17/h13-14,18H,3-12H2,1-2H3. The lowest BCUT2D eigenvalue weighted by Gasteiger charge is -2.39. The van der Waals surface area contributed by atoms with E-state index in [-0.39, 0.29) is 0 Å². The fourth-order valence-corrected chi connectivity index (χ4v) is 4.69. The monoisotopic (exact) mass is 307 g/mol. The molecule has 2 fully saturated rings. The van der Waals surface area contributed by atoms with Crippen LogP contribution in [0.5, 0.6) is 0 Å². The van der Waals surface area contributed by atoms with Gasteiger partial charge in [0.15, 0.2) is 5.13 Å². The molecule has 1 spiro atoms. The number of piperidine rings is 1. The first-order chi connectivity index (χ1) is 10.2. The van der Waals surface area contributed by atoms with Gasteiger partial charge in [0, 0.05) is 25.0 Å². The van der Waals surface area contributed by atoms with Gasteiger partial charge in [-0.05, 0) is 43.6 Å². The minimum atomic E-state index is 0.702. The summed E-state index contributed by atoms with van der Waals surface area (Å²) in [5, 5.41) is 6.95. The van der Waals surface area contributed by atoms with Gasteiger partial charge in [0.25, 0.3) is 0 Å². The first-order valence-corrected chi connectivity index (χ1v) is 9.45. The number of aromatic nitrogens is 1. The molecule has 0 bridgehead atoms. The van der Waals surface area contributed by atoms with Crippen LogP contribution in [-0.4, -0.2) is 24.6 Å². The van der Waals surface area contributed by atoms with E-state index in [1.807, 2.05) is 11.3 Å². The molecule has 1 saturated heterocycles. The number of thiazole rings is 1. The molecule has 1 N–H and O–H groups in total. The summed E-state index contributed by atoms with van der Waals surface area (Å²) in [7, 11) is 0. The molecule has 0 amide bonds. The van der Waals surface area contributed by atoms with Crippen molar-refractivity contribution in [2.45, 2.75) is 58.9 Å². The van der Waals surface area contributed by atoms with Crippen LogP contribution in [0.1, 0.15) is 58.1 Å². The zero-order valence-corrected chi connectivity index (χ0v) is 14.3. The average molecular weight is 308 g/mol. The fourth-order valence-electron chi connectivity index (χ4n) is 3.81. The van der Waals surface area contributed by atoms with Crippen LogP contribution >= 0.6 is 11.3 Å². The van der Waals surface area contributed by atoms with E-state index in [0.29, 0.717) is 11.3 Å². The number of hydrogen-bond acceptors (Lipinski definition) is 4. The van der Waals surface area contributed by atoms with Gasteiger partial charge in [-0.25, -0.2) is 4.98 Å². The van der Waals surface area contributed by atoms with Crippen molar-refractivity contribution in [3.63, 3.8) is 0 Å². The zero-order valence-electron chi connectivity index (χ0n) is 13.5. The minimum absolute atomic E-state index is 0.702. The topological polar surface area (TPSA) is 28.2 Å². The van der Waals surface area contributed by atoms with E-state index >= 15 is 0 Å². The van der Waals surface area contributed by atoms with Gasteiger partial charge in [-0.15, -0.1) is 11.3 Å². The highest BCUT2D eigenvalue weighted by Crippen LogP contribution is 2.46. The molecule has 0 radical (unpaired) electrons. The Kier molecular flexibility index (Phi) is 4.85. The summed E-state index contributed by atoms with van der Waals surface area (Å²) in [5.74, 6) is 0.702. The Hall–Kier alpha value is -0.610. The molecule has 1 aliphatic carbocycles. The summed E-state index contributed by atoms with van der Waals surface area (Å²) in [6.07, 6.45) is 8.64. The zero-order chi connectivity index (χ0) is 14.7. The molecule has 1 saturated carbocycles. The molecule has 4 heteroatoms. The van der Waals surface area contributed by atoms with E-state index in [0.717, 1.165) is 13.1 Å². The molecular weight excluding hydrogens is 278 g/mol. The largest absolute Gasteiger partial charge is 0.348 e. The first-order valence-electron chi connectivity index (χ1n) is 8.57. The van der Waals surface area contributed by atoms with Crippen LogP contribution in [0.3, 0.4) is 0 Å². The number of nitrogens with zero attached hydrogens (tertiary/aromatic N) is 2. The Bertz CT molecular complexity index is 439. The Labute approximate surface area is 133 Å². The van der Waals surface area contributed by atoms with Crippen molar-refractivity contribution in [3.8, 4) is 0 Å². The maximum atomic E-state index is 4.83. The SMILES string of the molecule is CC(C)CNCc1csc(N2CCC3(CCCC3)CC2)n1. The third-order valence-corrected chi connectivity index (χ3v) is 6.11. The van der Waals surface area contributed by atoms with Crippen LogP contribution < -0.4 is 10.2 Å². The molecule has 118 valence electrons. The smallest absolute Gasteiger partial charge is 0.185 e. The van der Waals surface area contributed by atoms with Crippen LogP contribution in [0, 0.1) is 11.3 Å². The molecule has 0 atom stereocenters. The predicted octanol–water partition coefficient (Wildman–Crippen LogP) is 4.05. The van der Waals surface area contributed by atoms with Crippen LogP contribution in [-0.2, 0) is 6.54 Å². The van der Waals surface area contributed by atoms with Gasteiger partial charge in [0.05, 0.1) is 5.69 Å². The van der Waals surface area contributed by atoms with Crippen LogP contribution in [0.4, 0.5) is 5.13 Å². The second-order valence-corrected chi connectivity index (χ2v) is 8.18. The third-order valence-electron chi connectivity index (χ3n) is 5.16. The molecule has 3 nitrogen and oxygen atoms in total. The van der Waals surface area contributed by atoms with E-state index in [4.69, 9.17) is 4.98 Å². The predicted molar refractivity (Wildman–Crippen MR) is 91.0 cm³/mol. The maximum Gasteiger partial charge on any atom is 0.185 e. The van der Waals surface area contributed by atoms with Crippen LogP contribution in [0.25, 0.3) is 0 Å². The average Bonchev–Trinajstić information content (AvgIpc) is 3.10. The van der Waals surface area contributed by atoms with Gasteiger partial charge in [-0.1, -0.05) is 26.7 Å². The molecular formula is C17H29N3S. The number of rotatable bonds is 5. The summed E-state index contributed by atoms with van der Waals surface area (Å²) in [5.41, 5.74) is 1.91. The van der Waals surface area contributed by atoms with Crippen molar-refractivity contribution in [1.82, 2.24) is 10.3 Å². The Morgan fingerprint density at radius 1 is 1.24 bits per heavy atom. The molecule has 1 aromatic rings. The van der Waals surface area contributed by atoms with Gasteiger partial charge >= 0.3 is 0 Å². The van der Waals surface area contributed by atoms with E-state index < -0.39 is 0 Å². The minimum Gasteiger partial charge on any atom is -0.348 e. The van der Waals surface area contributed by atoms with Crippen molar-refractivity contribution in [1.29, 1.82) is 0 Å². The van der Waals surface area contributed by atoms with Gasteiger partial charge in [0.1, 0.15) is 0 Å². The summed E-state index contributed by atoms with van der Waals surface area (Å²) < 4.78 is 0. The molecule has 2 heterocycles. The van der Waals surface area contributed by atoms with E-state index in [1.165, 1.54) is 62.4 Å². The highest BCUT2D eigenvalue weighted by molar-refractivity contribution is 7.13. The quantitative estimate of drug-likeness (QED) is 0.889. The van der Waals surface area contributed by atoms with E-state index in [9.17, 15) is 0 Å². The Morgan fingerprint density at radius 2 is 1.95 bits per heavy atom. The normalized spacial score (nSPS) is 21.6. The van der Waals surface area contributed by atoms with Gasteiger partial charge in [0.2, 0.25) is 0 Å². The fraction of sp³-hybridized carbons (Fsp3) is 0.824. The number of hydrogen-bond donors (Lipinski definition) is 1. The molecule has 0 aromatic carbocycles. The molecule has 2 aliphatic rings. The number of nitrogens with one attached hydrogen (secondary N) is 1. The van der Waals surface area contributed by atoms with E-state index in [1.54, 1.807) is 0 Å². The van der Waals surface area contributed by atoms with Gasteiger partial charge < -0.3 is 10.2 Å². The summed E-state index contributed by atoms with van der Waals surface area (Å²) >= 11 is 1.82. The van der Waals surface area contributed by atoms with Gasteiger partial charge in [-0.2, -0.15) is 0 Å². The molecule has 1 aromatic heterocycles. The van der Waals surface area contributed by atoms with Crippen LogP contribution in [0.15, 0.2) is 5.38 Å². The lowest BCUT2D eigenvalue weighted by atomic mass is 9.77. The van der Waals surface area contributed by atoms with Crippen molar-refractivity contribution in [2.75, 3.05) is 24.5 Å². The van der Waals surface area contributed by atoms with E-state index in [2.05, 4.69) is 29.4 Å². The van der Waals surface area contributed by atoms with Crippen molar-refractivity contribution in [3.05, 3.63) is 11.1 Å². The molecule has 0 unspecified atom stereocenters. The number of anilines is 1.